The standard InChI is InChI=1S/C15H19BrF3NO/c1-9(2)14(3,4)8-20-13(21)11-7-10(15(17,18)19)5-6-12(11)16/h5-7,9H,8H2,1-4H3,(H,20,21). The molecule has 21 heavy (non-hydrogen) atoms. The predicted molar refractivity (Wildman–Crippen MR) is 80.1 cm³/mol. The molecule has 0 fully saturated rings. The van der Waals surface area contributed by atoms with E-state index < -0.39 is 17.6 Å². The fraction of sp³-hybridized carbons (Fsp3) is 0.533. The first kappa shape index (κ1) is 18.0. The second-order valence-corrected chi connectivity index (χ2v) is 6.87. The lowest BCUT2D eigenvalue weighted by Crippen LogP contribution is -2.37. The Bertz CT molecular complexity index is 524. The van der Waals surface area contributed by atoms with Gasteiger partial charge in [0.15, 0.2) is 0 Å². The first-order valence-corrected chi connectivity index (χ1v) is 7.39. The van der Waals surface area contributed by atoms with Gasteiger partial charge in [0.2, 0.25) is 0 Å². The summed E-state index contributed by atoms with van der Waals surface area (Å²) in [5.41, 5.74) is -0.979. The fourth-order valence-electron chi connectivity index (χ4n) is 1.48. The van der Waals surface area contributed by atoms with E-state index in [0.717, 1.165) is 12.1 Å². The third kappa shape index (κ3) is 4.73. The van der Waals surface area contributed by atoms with Crippen molar-refractivity contribution in [3.05, 3.63) is 33.8 Å². The van der Waals surface area contributed by atoms with Crippen molar-refractivity contribution >= 4 is 21.8 Å². The SMILES string of the molecule is CC(C)C(C)(C)CNC(=O)c1cc(C(F)(F)F)ccc1Br. The summed E-state index contributed by atoms with van der Waals surface area (Å²) >= 11 is 3.12. The minimum atomic E-state index is -4.47. The fourth-order valence-corrected chi connectivity index (χ4v) is 1.91. The molecule has 1 amide bonds. The van der Waals surface area contributed by atoms with E-state index in [0.29, 0.717) is 16.9 Å². The number of benzene rings is 1. The molecule has 0 aliphatic carbocycles. The van der Waals surface area contributed by atoms with Crippen LogP contribution in [0.2, 0.25) is 0 Å². The zero-order chi connectivity index (χ0) is 16.4. The van der Waals surface area contributed by atoms with Crippen molar-refractivity contribution in [3.63, 3.8) is 0 Å². The monoisotopic (exact) mass is 365 g/mol. The number of hydrogen-bond acceptors (Lipinski definition) is 1. The highest BCUT2D eigenvalue weighted by molar-refractivity contribution is 9.10. The number of nitrogens with one attached hydrogen (secondary N) is 1. The second kappa shape index (κ2) is 6.38. The number of rotatable bonds is 4. The molecule has 0 unspecified atom stereocenters. The van der Waals surface area contributed by atoms with E-state index in [1.807, 2.05) is 27.7 Å². The molecule has 0 saturated carbocycles. The van der Waals surface area contributed by atoms with Crippen molar-refractivity contribution in [2.75, 3.05) is 6.54 Å². The molecule has 2 nitrogen and oxygen atoms in total. The lowest BCUT2D eigenvalue weighted by Gasteiger charge is -2.29. The number of halogens is 4. The van der Waals surface area contributed by atoms with Crippen LogP contribution >= 0.6 is 15.9 Å². The van der Waals surface area contributed by atoms with Crippen LogP contribution in [0.15, 0.2) is 22.7 Å². The topological polar surface area (TPSA) is 29.1 Å². The molecule has 0 saturated heterocycles. The average Bonchev–Trinajstić information content (AvgIpc) is 2.35. The van der Waals surface area contributed by atoms with Gasteiger partial charge in [0.1, 0.15) is 0 Å². The van der Waals surface area contributed by atoms with Crippen LogP contribution < -0.4 is 5.32 Å². The summed E-state index contributed by atoms with van der Waals surface area (Å²) in [5, 5.41) is 2.70. The third-order valence-electron chi connectivity index (χ3n) is 3.81. The van der Waals surface area contributed by atoms with E-state index in [2.05, 4.69) is 21.2 Å². The quantitative estimate of drug-likeness (QED) is 0.809. The number of carbonyl (C=O) groups is 1. The molecular weight excluding hydrogens is 347 g/mol. The van der Waals surface area contributed by atoms with Gasteiger partial charge in [0.05, 0.1) is 11.1 Å². The van der Waals surface area contributed by atoms with Gasteiger partial charge in [-0.2, -0.15) is 13.2 Å². The Kier molecular flexibility index (Phi) is 5.47. The van der Waals surface area contributed by atoms with Gasteiger partial charge in [-0.1, -0.05) is 27.7 Å². The van der Waals surface area contributed by atoms with Crippen molar-refractivity contribution in [3.8, 4) is 0 Å². The van der Waals surface area contributed by atoms with Crippen LogP contribution in [0.25, 0.3) is 0 Å². The highest BCUT2D eigenvalue weighted by Crippen LogP contribution is 2.32. The van der Waals surface area contributed by atoms with Gasteiger partial charge in [-0.3, -0.25) is 4.79 Å². The summed E-state index contributed by atoms with van der Waals surface area (Å²) in [5.74, 6) is -0.176. The predicted octanol–water partition coefficient (Wildman–Crippen LogP) is 4.88. The van der Waals surface area contributed by atoms with E-state index in [4.69, 9.17) is 0 Å². The van der Waals surface area contributed by atoms with Crippen LogP contribution in [0.3, 0.4) is 0 Å². The van der Waals surface area contributed by atoms with E-state index in [-0.39, 0.29) is 11.0 Å². The first-order valence-electron chi connectivity index (χ1n) is 6.60. The van der Waals surface area contributed by atoms with E-state index in [9.17, 15) is 18.0 Å². The summed E-state index contributed by atoms with van der Waals surface area (Å²) < 4.78 is 38.4. The van der Waals surface area contributed by atoms with E-state index in [1.54, 1.807) is 0 Å². The minimum absolute atomic E-state index is 0.00983. The van der Waals surface area contributed by atoms with E-state index in [1.165, 1.54) is 6.07 Å². The smallest absolute Gasteiger partial charge is 0.351 e. The molecule has 1 rings (SSSR count). The molecule has 118 valence electrons. The normalized spacial score (nSPS) is 12.6. The minimum Gasteiger partial charge on any atom is -0.351 e. The Morgan fingerprint density at radius 1 is 1.29 bits per heavy atom. The lowest BCUT2D eigenvalue weighted by molar-refractivity contribution is -0.137. The second-order valence-electron chi connectivity index (χ2n) is 6.02. The van der Waals surface area contributed by atoms with Gasteiger partial charge >= 0.3 is 6.18 Å². The Balaban J connectivity index is 2.93. The van der Waals surface area contributed by atoms with Gasteiger partial charge in [-0.05, 0) is 45.5 Å². The van der Waals surface area contributed by atoms with Crippen molar-refractivity contribution < 1.29 is 18.0 Å². The summed E-state index contributed by atoms with van der Waals surface area (Å²) in [4.78, 5) is 12.1. The van der Waals surface area contributed by atoms with Crippen molar-refractivity contribution in [1.82, 2.24) is 5.32 Å². The molecule has 6 heteroatoms. The maximum absolute atomic E-state index is 12.7. The summed E-state index contributed by atoms with van der Waals surface area (Å²) in [6.07, 6.45) is -4.47. The first-order chi connectivity index (χ1) is 9.45. The highest BCUT2D eigenvalue weighted by atomic mass is 79.9. The number of alkyl halides is 3. The molecule has 0 radical (unpaired) electrons. The number of carbonyl (C=O) groups excluding carboxylic acids is 1. The van der Waals surface area contributed by atoms with Crippen LogP contribution in [0.5, 0.6) is 0 Å². The molecular formula is C15H19BrF3NO. The Hall–Kier alpha value is -1.04. The Morgan fingerprint density at radius 2 is 1.86 bits per heavy atom. The number of amides is 1. The van der Waals surface area contributed by atoms with Crippen LogP contribution in [0.4, 0.5) is 13.2 Å². The van der Waals surface area contributed by atoms with Crippen LogP contribution in [0, 0.1) is 11.3 Å². The molecule has 0 atom stereocenters. The van der Waals surface area contributed by atoms with Gasteiger partial charge in [0.25, 0.3) is 5.91 Å². The van der Waals surface area contributed by atoms with Crippen LogP contribution in [-0.4, -0.2) is 12.5 Å². The largest absolute Gasteiger partial charge is 0.416 e. The maximum atomic E-state index is 12.7. The third-order valence-corrected chi connectivity index (χ3v) is 4.50. The van der Waals surface area contributed by atoms with Gasteiger partial charge in [-0.25, -0.2) is 0 Å². The Morgan fingerprint density at radius 3 is 2.33 bits per heavy atom. The molecule has 1 aromatic rings. The molecule has 0 heterocycles. The summed E-state index contributed by atoms with van der Waals surface area (Å²) in [6.45, 7) is 8.46. The maximum Gasteiger partial charge on any atom is 0.416 e. The van der Waals surface area contributed by atoms with Gasteiger partial charge in [-0.15, -0.1) is 0 Å². The average molecular weight is 366 g/mol. The van der Waals surface area contributed by atoms with Crippen molar-refractivity contribution in [2.24, 2.45) is 11.3 Å². The molecule has 0 aliphatic rings. The van der Waals surface area contributed by atoms with E-state index >= 15 is 0 Å². The van der Waals surface area contributed by atoms with Gasteiger partial charge < -0.3 is 5.32 Å². The van der Waals surface area contributed by atoms with Gasteiger partial charge in [0, 0.05) is 11.0 Å². The van der Waals surface area contributed by atoms with Crippen molar-refractivity contribution in [1.29, 1.82) is 0 Å². The van der Waals surface area contributed by atoms with Crippen LogP contribution in [0.1, 0.15) is 43.6 Å². The molecule has 0 aliphatic heterocycles. The molecule has 1 N–H and O–H groups in total. The summed E-state index contributed by atoms with van der Waals surface area (Å²) in [6, 6.07) is 3.05. The summed E-state index contributed by atoms with van der Waals surface area (Å²) in [7, 11) is 0. The molecule has 1 aromatic carbocycles. The Labute approximate surface area is 131 Å². The number of hydrogen-bond donors (Lipinski definition) is 1. The lowest BCUT2D eigenvalue weighted by atomic mass is 9.81. The molecule has 0 bridgehead atoms. The zero-order valence-corrected chi connectivity index (χ0v) is 14.0. The zero-order valence-electron chi connectivity index (χ0n) is 12.4. The highest BCUT2D eigenvalue weighted by Gasteiger charge is 2.32. The van der Waals surface area contributed by atoms with Crippen LogP contribution in [-0.2, 0) is 6.18 Å². The van der Waals surface area contributed by atoms with Crippen molar-refractivity contribution in [2.45, 2.75) is 33.9 Å². The molecule has 0 spiro atoms. The molecule has 0 aromatic heterocycles.